The summed E-state index contributed by atoms with van der Waals surface area (Å²) in [5.74, 6) is -0.125. The molecule has 156 valence electrons. The SMILES string of the molecule is O=C(Nc1nncs1)C1CCN(C(=O)NCC(c2cccs2)N2CCCC2)CC1. The summed E-state index contributed by atoms with van der Waals surface area (Å²) in [5, 5.41) is 16.1. The fraction of sp³-hybridized carbons (Fsp3) is 0.579. The van der Waals surface area contributed by atoms with Crippen molar-refractivity contribution >= 4 is 39.7 Å². The van der Waals surface area contributed by atoms with E-state index in [9.17, 15) is 9.59 Å². The Morgan fingerprint density at radius 2 is 1.97 bits per heavy atom. The smallest absolute Gasteiger partial charge is 0.317 e. The summed E-state index contributed by atoms with van der Waals surface area (Å²) < 4.78 is 0. The van der Waals surface area contributed by atoms with E-state index in [1.165, 1.54) is 29.1 Å². The fourth-order valence-electron chi connectivity index (χ4n) is 4.02. The van der Waals surface area contributed by atoms with Crippen LogP contribution in [0.4, 0.5) is 9.93 Å². The van der Waals surface area contributed by atoms with Crippen LogP contribution >= 0.6 is 22.7 Å². The Bertz CT molecular complexity index is 784. The molecular weight excluding hydrogens is 408 g/mol. The Morgan fingerprint density at radius 3 is 2.62 bits per heavy atom. The number of hydrogen-bond acceptors (Lipinski definition) is 7. The number of anilines is 1. The molecule has 2 aliphatic heterocycles. The third-order valence-electron chi connectivity index (χ3n) is 5.64. The number of piperidine rings is 1. The lowest BCUT2D eigenvalue weighted by atomic mass is 9.96. The minimum atomic E-state index is -0.0913. The Balaban J connectivity index is 1.25. The molecule has 3 amide bonds. The first kappa shape index (κ1) is 20.2. The molecule has 0 saturated carbocycles. The second-order valence-electron chi connectivity index (χ2n) is 7.45. The van der Waals surface area contributed by atoms with Gasteiger partial charge in [-0.05, 0) is 50.2 Å². The van der Waals surface area contributed by atoms with Gasteiger partial charge in [0, 0.05) is 30.4 Å². The Morgan fingerprint density at radius 1 is 1.17 bits per heavy atom. The number of aromatic nitrogens is 2. The van der Waals surface area contributed by atoms with Crippen LogP contribution in [0.25, 0.3) is 0 Å². The van der Waals surface area contributed by atoms with E-state index >= 15 is 0 Å². The zero-order valence-corrected chi connectivity index (χ0v) is 17.9. The van der Waals surface area contributed by atoms with Crippen LogP contribution in [0.2, 0.25) is 0 Å². The molecule has 0 spiro atoms. The Kier molecular flexibility index (Phi) is 6.73. The molecule has 29 heavy (non-hydrogen) atoms. The maximum atomic E-state index is 12.7. The maximum absolute atomic E-state index is 12.7. The summed E-state index contributed by atoms with van der Waals surface area (Å²) in [7, 11) is 0. The number of nitrogens with one attached hydrogen (secondary N) is 2. The molecule has 4 heterocycles. The number of carbonyl (C=O) groups excluding carboxylic acids is 2. The number of rotatable bonds is 6. The van der Waals surface area contributed by atoms with Crippen molar-refractivity contribution in [1.82, 2.24) is 25.3 Å². The first-order chi connectivity index (χ1) is 14.2. The van der Waals surface area contributed by atoms with Gasteiger partial charge >= 0.3 is 6.03 Å². The summed E-state index contributed by atoms with van der Waals surface area (Å²) in [6.07, 6.45) is 3.78. The van der Waals surface area contributed by atoms with Crippen LogP contribution in [-0.2, 0) is 4.79 Å². The zero-order chi connectivity index (χ0) is 20.1. The van der Waals surface area contributed by atoms with Crippen LogP contribution in [0.15, 0.2) is 23.0 Å². The molecule has 0 bridgehead atoms. The van der Waals surface area contributed by atoms with E-state index < -0.39 is 0 Å². The van der Waals surface area contributed by atoms with E-state index in [-0.39, 0.29) is 23.9 Å². The second kappa shape index (κ2) is 9.64. The molecule has 1 atom stereocenters. The number of thiophene rings is 1. The van der Waals surface area contributed by atoms with Crippen molar-refractivity contribution in [3.05, 3.63) is 27.9 Å². The minimum Gasteiger partial charge on any atom is -0.336 e. The standard InChI is InChI=1S/C19H26N6O2S2/c26-17(22-18-23-21-13-29-18)14-5-9-25(10-6-14)19(27)20-12-15(16-4-3-11-28-16)24-7-1-2-8-24/h3-4,11,13-15H,1-2,5-10,12H2,(H,20,27)(H,22,23,26). The summed E-state index contributed by atoms with van der Waals surface area (Å²) >= 11 is 3.06. The molecule has 2 aromatic rings. The molecule has 4 rings (SSSR count). The van der Waals surface area contributed by atoms with Gasteiger partial charge in [0.05, 0.1) is 6.04 Å². The van der Waals surface area contributed by atoms with Gasteiger partial charge in [0.1, 0.15) is 5.51 Å². The summed E-state index contributed by atoms with van der Waals surface area (Å²) in [6.45, 7) is 3.98. The lowest BCUT2D eigenvalue weighted by molar-refractivity contribution is -0.121. The highest BCUT2D eigenvalue weighted by molar-refractivity contribution is 7.13. The highest BCUT2D eigenvalue weighted by Gasteiger charge is 2.29. The molecule has 2 saturated heterocycles. The first-order valence-corrected chi connectivity index (χ1v) is 11.8. The third kappa shape index (κ3) is 5.12. The first-order valence-electron chi connectivity index (χ1n) is 10.1. The van der Waals surface area contributed by atoms with E-state index in [0.29, 0.717) is 37.6 Å². The minimum absolute atomic E-state index is 0.0336. The quantitative estimate of drug-likeness (QED) is 0.730. The predicted molar refractivity (Wildman–Crippen MR) is 114 cm³/mol. The molecular formula is C19H26N6O2S2. The average molecular weight is 435 g/mol. The molecule has 0 radical (unpaired) electrons. The largest absolute Gasteiger partial charge is 0.336 e. The molecule has 0 aromatic carbocycles. The van der Waals surface area contributed by atoms with E-state index in [0.717, 1.165) is 13.1 Å². The zero-order valence-electron chi connectivity index (χ0n) is 16.2. The lowest BCUT2D eigenvalue weighted by Gasteiger charge is -2.32. The van der Waals surface area contributed by atoms with Crippen molar-refractivity contribution in [2.45, 2.75) is 31.7 Å². The summed E-state index contributed by atoms with van der Waals surface area (Å²) in [6, 6.07) is 4.44. The van der Waals surface area contributed by atoms with Crippen LogP contribution in [0.5, 0.6) is 0 Å². The van der Waals surface area contributed by atoms with E-state index in [1.807, 2.05) is 4.90 Å². The fourth-order valence-corrected chi connectivity index (χ4v) is 5.33. The maximum Gasteiger partial charge on any atom is 0.317 e. The summed E-state index contributed by atoms with van der Waals surface area (Å²) in [5.41, 5.74) is 1.59. The van der Waals surface area contributed by atoms with Crippen molar-refractivity contribution in [2.24, 2.45) is 5.92 Å². The van der Waals surface area contributed by atoms with E-state index in [4.69, 9.17) is 0 Å². The third-order valence-corrected chi connectivity index (χ3v) is 7.22. The normalized spacial score (nSPS) is 19.2. The molecule has 1 unspecified atom stereocenters. The van der Waals surface area contributed by atoms with Crippen molar-refractivity contribution < 1.29 is 9.59 Å². The van der Waals surface area contributed by atoms with Gasteiger partial charge in [-0.25, -0.2) is 4.79 Å². The summed E-state index contributed by atoms with van der Waals surface area (Å²) in [4.78, 5) is 30.6. The molecule has 2 aliphatic rings. The second-order valence-corrected chi connectivity index (χ2v) is 9.27. The lowest BCUT2D eigenvalue weighted by Crippen LogP contribution is -2.48. The highest BCUT2D eigenvalue weighted by atomic mass is 32.1. The number of amides is 3. The van der Waals surface area contributed by atoms with Crippen LogP contribution in [0.3, 0.4) is 0 Å². The Labute approximate surface area is 178 Å². The van der Waals surface area contributed by atoms with Crippen LogP contribution in [-0.4, -0.2) is 64.7 Å². The molecule has 10 heteroatoms. The van der Waals surface area contributed by atoms with E-state index in [2.05, 4.69) is 43.2 Å². The van der Waals surface area contributed by atoms with Gasteiger partial charge in [0.15, 0.2) is 0 Å². The van der Waals surface area contributed by atoms with Crippen molar-refractivity contribution in [2.75, 3.05) is 38.0 Å². The number of hydrogen-bond donors (Lipinski definition) is 2. The van der Waals surface area contributed by atoms with Crippen molar-refractivity contribution in [1.29, 1.82) is 0 Å². The van der Waals surface area contributed by atoms with Gasteiger partial charge in [0.25, 0.3) is 0 Å². The van der Waals surface area contributed by atoms with Gasteiger partial charge in [-0.15, -0.1) is 21.5 Å². The highest BCUT2D eigenvalue weighted by Crippen LogP contribution is 2.28. The monoisotopic (exact) mass is 434 g/mol. The Hall–Kier alpha value is -2.04. The van der Waals surface area contributed by atoms with Crippen LogP contribution in [0.1, 0.15) is 36.6 Å². The van der Waals surface area contributed by atoms with Crippen molar-refractivity contribution in [3.8, 4) is 0 Å². The van der Waals surface area contributed by atoms with E-state index in [1.54, 1.807) is 16.8 Å². The average Bonchev–Trinajstić information content (AvgIpc) is 3.52. The molecule has 2 aromatic heterocycles. The van der Waals surface area contributed by atoms with Gasteiger partial charge in [-0.3, -0.25) is 9.69 Å². The van der Waals surface area contributed by atoms with Gasteiger partial charge < -0.3 is 15.5 Å². The molecule has 8 nitrogen and oxygen atoms in total. The van der Waals surface area contributed by atoms with Crippen LogP contribution in [0, 0.1) is 5.92 Å². The number of likely N-dealkylation sites (tertiary alicyclic amines) is 2. The van der Waals surface area contributed by atoms with Crippen molar-refractivity contribution in [3.63, 3.8) is 0 Å². The number of urea groups is 1. The van der Waals surface area contributed by atoms with Gasteiger partial charge in [-0.1, -0.05) is 17.4 Å². The molecule has 2 fully saturated rings. The van der Waals surface area contributed by atoms with Gasteiger partial charge in [-0.2, -0.15) is 0 Å². The number of nitrogens with zero attached hydrogens (tertiary/aromatic N) is 4. The topological polar surface area (TPSA) is 90.5 Å². The van der Waals surface area contributed by atoms with Crippen LogP contribution < -0.4 is 10.6 Å². The molecule has 0 aliphatic carbocycles. The molecule has 2 N–H and O–H groups in total. The van der Waals surface area contributed by atoms with Gasteiger partial charge in [0.2, 0.25) is 11.0 Å². The number of carbonyl (C=O) groups is 2. The predicted octanol–water partition coefficient (Wildman–Crippen LogP) is 2.80.